The number of halogens is 3. The Kier molecular flexibility index (Phi) is 5.85. The molecule has 0 bridgehead atoms. The number of rotatable bonds is 6. The second kappa shape index (κ2) is 7.64. The van der Waals surface area contributed by atoms with Gasteiger partial charge in [-0.1, -0.05) is 36.2 Å². The number of hydrogen-bond donors (Lipinski definition) is 1. The van der Waals surface area contributed by atoms with E-state index in [1.54, 1.807) is 24.3 Å². The summed E-state index contributed by atoms with van der Waals surface area (Å²) >= 11 is 11.9. The number of benzene rings is 2. The molecule has 0 radical (unpaired) electrons. The second-order valence-corrected chi connectivity index (χ2v) is 5.39. The van der Waals surface area contributed by atoms with E-state index in [1.165, 1.54) is 12.1 Å². The molecule has 2 aromatic rings. The van der Waals surface area contributed by atoms with Crippen LogP contribution in [0.15, 0.2) is 36.4 Å². The summed E-state index contributed by atoms with van der Waals surface area (Å²) in [6.45, 7) is 3.58. The van der Waals surface area contributed by atoms with Gasteiger partial charge in [-0.15, -0.1) is 0 Å². The molecule has 0 amide bonds. The average molecular weight is 328 g/mol. The molecule has 0 spiro atoms. The predicted molar refractivity (Wildman–Crippen MR) is 84.9 cm³/mol. The first-order chi connectivity index (χ1) is 10.1. The molecular weight excluding hydrogens is 312 g/mol. The first-order valence-corrected chi connectivity index (χ1v) is 7.48. The van der Waals surface area contributed by atoms with Gasteiger partial charge in [0.2, 0.25) is 0 Å². The number of nitrogens with one attached hydrogen (secondary N) is 1. The summed E-state index contributed by atoms with van der Waals surface area (Å²) in [5.41, 5.74) is 0.850. The van der Waals surface area contributed by atoms with E-state index in [-0.39, 0.29) is 5.02 Å². The maximum absolute atomic E-state index is 13.5. The molecule has 0 fully saturated rings. The number of ether oxygens (including phenoxy) is 1. The Hall–Kier alpha value is -1.29. The monoisotopic (exact) mass is 327 g/mol. The van der Waals surface area contributed by atoms with E-state index in [1.807, 2.05) is 0 Å². The van der Waals surface area contributed by atoms with Crippen molar-refractivity contribution in [3.05, 3.63) is 57.8 Å². The van der Waals surface area contributed by atoms with Crippen LogP contribution < -0.4 is 10.1 Å². The van der Waals surface area contributed by atoms with Crippen molar-refractivity contribution >= 4 is 23.2 Å². The van der Waals surface area contributed by atoms with Crippen molar-refractivity contribution in [3.8, 4) is 11.5 Å². The lowest BCUT2D eigenvalue weighted by atomic mass is 10.2. The van der Waals surface area contributed by atoms with Crippen molar-refractivity contribution in [2.24, 2.45) is 0 Å². The summed E-state index contributed by atoms with van der Waals surface area (Å²) in [4.78, 5) is 0. The quantitative estimate of drug-likeness (QED) is 0.715. The molecule has 0 atom stereocenters. The van der Waals surface area contributed by atoms with E-state index in [0.717, 1.165) is 18.5 Å². The van der Waals surface area contributed by atoms with E-state index in [4.69, 9.17) is 27.9 Å². The molecule has 0 aliphatic rings. The normalized spacial score (nSPS) is 10.7. The minimum atomic E-state index is -0.512. The lowest BCUT2D eigenvalue weighted by Gasteiger charge is -2.13. The summed E-state index contributed by atoms with van der Waals surface area (Å²) < 4.78 is 19.2. The van der Waals surface area contributed by atoms with Crippen molar-refractivity contribution in [1.82, 2.24) is 5.32 Å². The molecule has 0 unspecified atom stereocenters. The molecule has 112 valence electrons. The van der Waals surface area contributed by atoms with Crippen LogP contribution in [0.5, 0.6) is 11.5 Å². The van der Waals surface area contributed by atoms with Gasteiger partial charge in [0, 0.05) is 23.2 Å². The Balaban J connectivity index is 2.22. The largest absolute Gasteiger partial charge is 0.457 e. The van der Waals surface area contributed by atoms with Crippen LogP contribution in [0, 0.1) is 5.82 Å². The first-order valence-electron chi connectivity index (χ1n) is 6.73. The molecule has 0 aromatic heterocycles. The van der Waals surface area contributed by atoms with Crippen molar-refractivity contribution < 1.29 is 9.13 Å². The molecule has 2 rings (SSSR count). The highest BCUT2D eigenvalue weighted by Gasteiger charge is 2.10. The zero-order chi connectivity index (χ0) is 15.2. The van der Waals surface area contributed by atoms with E-state index in [9.17, 15) is 4.39 Å². The maximum Gasteiger partial charge on any atom is 0.145 e. The Bertz CT molecular complexity index is 619. The average Bonchev–Trinajstić information content (AvgIpc) is 2.46. The van der Waals surface area contributed by atoms with Gasteiger partial charge in [-0.3, -0.25) is 0 Å². The molecule has 0 heterocycles. The summed E-state index contributed by atoms with van der Waals surface area (Å²) in [6, 6.07) is 9.75. The van der Waals surface area contributed by atoms with Crippen LogP contribution in [0.3, 0.4) is 0 Å². The summed E-state index contributed by atoms with van der Waals surface area (Å²) in [5.74, 6) is 0.477. The molecular formula is C16H16Cl2FNO. The molecule has 21 heavy (non-hydrogen) atoms. The van der Waals surface area contributed by atoms with E-state index < -0.39 is 5.82 Å². The van der Waals surface area contributed by atoms with Crippen molar-refractivity contribution in [2.75, 3.05) is 6.54 Å². The first kappa shape index (κ1) is 16.1. The summed E-state index contributed by atoms with van der Waals surface area (Å²) in [5, 5.41) is 3.96. The van der Waals surface area contributed by atoms with E-state index in [2.05, 4.69) is 12.2 Å². The van der Waals surface area contributed by atoms with E-state index in [0.29, 0.717) is 23.1 Å². The highest BCUT2D eigenvalue weighted by Crippen LogP contribution is 2.31. The Labute approximate surface area is 133 Å². The Morgan fingerprint density at radius 2 is 1.95 bits per heavy atom. The Morgan fingerprint density at radius 3 is 2.67 bits per heavy atom. The molecule has 0 saturated heterocycles. The lowest BCUT2D eigenvalue weighted by molar-refractivity contribution is 0.467. The second-order valence-electron chi connectivity index (χ2n) is 4.57. The van der Waals surface area contributed by atoms with Gasteiger partial charge < -0.3 is 10.1 Å². The van der Waals surface area contributed by atoms with Crippen LogP contribution in [-0.2, 0) is 6.54 Å². The Morgan fingerprint density at radius 1 is 1.14 bits per heavy atom. The van der Waals surface area contributed by atoms with E-state index >= 15 is 0 Å². The highest BCUT2D eigenvalue weighted by molar-refractivity contribution is 6.31. The van der Waals surface area contributed by atoms with Gasteiger partial charge in [0.1, 0.15) is 17.3 Å². The molecule has 1 N–H and O–H groups in total. The van der Waals surface area contributed by atoms with Crippen LogP contribution in [0.25, 0.3) is 0 Å². The van der Waals surface area contributed by atoms with Crippen molar-refractivity contribution in [3.63, 3.8) is 0 Å². The smallest absolute Gasteiger partial charge is 0.145 e. The van der Waals surface area contributed by atoms with Crippen molar-refractivity contribution in [1.29, 1.82) is 0 Å². The number of hydrogen-bond acceptors (Lipinski definition) is 2. The molecule has 2 nitrogen and oxygen atoms in total. The van der Waals surface area contributed by atoms with Gasteiger partial charge in [0.05, 0.1) is 5.02 Å². The molecule has 2 aromatic carbocycles. The molecule has 0 saturated carbocycles. The van der Waals surface area contributed by atoms with Crippen LogP contribution in [0.1, 0.15) is 18.9 Å². The zero-order valence-corrected chi connectivity index (χ0v) is 13.1. The third-order valence-corrected chi connectivity index (χ3v) is 3.58. The standard InChI is InChI=1S/C16H16Cl2FNO/c1-2-8-20-10-12-13(17)4-3-5-16(12)21-11-6-7-14(18)15(19)9-11/h3-7,9,20H,2,8,10H2,1H3. The van der Waals surface area contributed by atoms with Crippen molar-refractivity contribution in [2.45, 2.75) is 19.9 Å². The third-order valence-electron chi connectivity index (χ3n) is 2.92. The van der Waals surface area contributed by atoms with Gasteiger partial charge in [0.25, 0.3) is 0 Å². The van der Waals surface area contributed by atoms with Crippen LogP contribution in [0.4, 0.5) is 4.39 Å². The molecule has 0 aliphatic carbocycles. The lowest BCUT2D eigenvalue weighted by Crippen LogP contribution is -2.14. The fourth-order valence-corrected chi connectivity index (χ4v) is 2.21. The van der Waals surface area contributed by atoms with Crippen LogP contribution in [0.2, 0.25) is 10.0 Å². The predicted octanol–water partition coefficient (Wildman–Crippen LogP) is 5.42. The summed E-state index contributed by atoms with van der Waals surface area (Å²) in [7, 11) is 0. The SMILES string of the molecule is CCCNCc1c(Cl)cccc1Oc1ccc(Cl)c(F)c1. The maximum atomic E-state index is 13.5. The van der Waals surface area contributed by atoms with Gasteiger partial charge in [-0.2, -0.15) is 0 Å². The third kappa shape index (κ3) is 4.34. The minimum Gasteiger partial charge on any atom is -0.457 e. The fourth-order valence-electron chi connectivity index (χ4n) is 1.86. The topological polar surface area (TPSA) is 21.3 Å². The fraction of sp³-hybridized carbons (Fsp3) is 0.250. The van der Waals surface area contributed by atoms with Gasteiger partial charge >= 0.3 is 0 Å². The van der Waals surface area contributed by atoms with Gasteiger partial charge in [-0.05, 0) is 37.2 Å². The molecule has 5 heteroatoms. The van der Waals surface area contributed by atoms with Gasteiger partial charge in [-0.25, -0.2) is 4.39 Å². The minimum absolute atomic E-state index is 0.0679. The van der Waals surface area contributed by atoms with Gasteiger partial charge in [0.15, 0.2) is 0 Å². The zero-order valence-electron chi connectivity index (χ0n) is 11.6. The van der Waals surface area contributed by atoms with Crippen LogP contribution >= 0.6 is 23.2 Å². The molecule has 0 aliphatic heterocycles. The van der Waals surface area contributed by atoms with Crippen LogP contribution in [-0.4, -0.2) is 6.54 Å². The summed E-state index contributed by atoms with van der Waals surface area (Å²) in [6.07, 6.45) is 1.03. The highest BCUT2D eigenvalue weighted by atomic mass is 35.5.